The van der Waals surface area contributed by atoms with Gasteiger partial charge in [0.05, 0.1) is 11.6 Å². The third-order valence-corrected chi connectivity index (χ3v) is 4.09. The number of nitrogens with one attached hydrogen (secondary N) is 2. The summed E-state index contributed by atoms with van der Waals surface area (Å²) in [6.45, 7) is 6.17. The number of halogens is 1. The minimum absolute atomic E-state index is 0.0545. The zero-order valence-electron chi connectivity index (χ0n) is 17.4. The summed E-state index contributed by atoms with van der Waals surface area (Å²) in [5, 5.41) is 17.9. The fourth-order valence-electron chi connectivity index (χ4n) is 2.39. The highest BCUT2D eigenvalue weighted by molar-refractivity contribution is 6.30. The molecule has 0 spiro atoms. The molecule has 2 aromatic rings. The van der Waals surface area contributed by atoms with Crippen LogP contribution in [-0.2, 0) is 9.57 Å². The zero-order chi connectivity index (χ0) is 22.1. The van der Waals surface area contributed by atoms with E-state index in [1.54, 1.807) is 43.4 Å². The lowest BCUT2D eigenvalue weighted by molar-refractivity contribution is 0.0372. The average molecular weight is 432 g/mol. The van der Waals surface area contributed by atoms with E-state index < -0.39 is 6.04 Å². The van der Waals surface area contributed by atoms with Crippen molar-refractivity contribution in [1.29, 1.82) is 10.8 Å². The molecule has 0 amide bonds. The van der Waals surface area contributed by atoms with Gasteiger partial charge in [-0.05, 0) is 43.2 Å². The molecule has 8 nitrogen and oxygen atoms in total. The molecule has 0 saturated heterocycles. The molecule has 160 valence electrons. The van der Waals surface area contributed by atoms with Gasteiger partial charge in [-0.25, -0.2) is 10.0 Å². The van der Waals surface area contributed by atoms with Crippen LogP contribution in [0.25, 0.3) is 0 Å². The summed E-state index contributed by atoms with van der Waals surface area (Å²) in [6.07, 6.45) is 2.95. The number of benzene rings is 1. The molecule has 2 rings (SSSR count). The van der Waals surface area contributed by atoms with Crippen molar-refractivity contribution in [2.45, 2.75) is 26.8 Å². The van der Waals surface area contributed by atoms with Crippen LogP contribution in [-0.4, -0.2) is 47.9 Å². The number of hydrogen-bond acceptors (Lipinski definition) is 7. The van der Waals surface area contributed by atoms with Crippen LogP contribution in [0.2, 0.25) is 5.02 Å². The summed E-state index contributed by atoms with van der Waals surface area (Å²) >= 11 is 5.81. The Bertz CT molecular complexity index is 869. The summed E-state index contributed by atoms with van der Waals surface area (Å²) in [6, 6.07) is 9.80. The molecule has 0 saturated carbocycles. The summed E-state index contributed by atoms with van der Waals surface area (Å²) in [4.78, 5) is 13.9. The first-order chi connectivity index (χ1) is 14.3. The Morgan fingerprint density at radius 1 is 1.20 bits per heavy atom. The molecule has 0 unspecified atom stereocenters. The van der Waals surface area contributed by atoms with Gasteiger partial charge in [-0.15, -0.1) is 0 Å². The second-order valence-corrected chi connectivity index (χ2v) is 7.09. The first-order valence-electron chi connectivity index (χ1n) is 9.43. The third kappa shape index (κ3) is 7.04. The second-order valence-electron chi connectivity index (χ2n) is 6.66. The van der Waals surface area contributed by atoms with Crippen LogP contribution in [0.3, 0.4) is 0 Å². The van der Waals surface area contributed by atoms with E-state index in [1.807, 2.05) is 20.8 Å². The van der Waals surface area contributed by atoms with Crippen molar-refractivity contribution in [1.82, 2.24) is 10.0 Å². The van der Waals surface area contributed by atoms with Gasteiger partial charge in [0.15, 0.2) is 0 Å². The molecule has 0 radical (unpaired) electrons. The van der Waals surface area contributed by atoms with Gasteiger partial charge in [-0.3, -0.25) is 15.8 Å². The number of pyridine rings is 1. The molecular weight excluding hydrogens is 406 g/mol. The van der Waals surface area contributed by atoms with Gasteiger partial charge in [0, 0.05) is 24.9 Å². The van der Waals surface area contributed by atoms with Crippen LogP contribution < -0.4 is 4.74 Å². The number of rotatable bonds is 9. The van der Waals surface area contributed by atoms with E-state index in [0.29, 0.717) is 28.8 Å². The Labute approximate surface area is 181 Å². The van der Waals surface area contributed by atoms with Crippen molar-refractivity contribution in [3.05, 3.63) is 53.2 Å². The first-order valence-corrected chi connectivity index (χ1v) is 9.81. The van der Waals surface area contributed by atoms with Crippen molar-refractivity contribution in [2.75, 3.05) is 13.7 Å². The van der Waals surface area contributed by atoms with Crippen molar-refractivity contribution >= 4 is 29.7 Å². The molecule has 0 fully saturated rings. The summed E-state index contributed by atoms with van der Waals surface area (Å²) in [5.74, 6) is 1.15. The smallest absolute Gasteiger partial charge is 0.246 e. The first kappa shape index (κ1) is 23.2. The largest absolute Gasteiger partial charge is 0.480 e. The lowest BCUT2D eigenvalue weighted by Crippen LogP contribution is -2.29. The Morgan fingerprint density at radius 2 is 1.90 bits per heavy atom. The monoisotopic (exact) mass is 431 g/mol. The SMILES string of the molecule is CCOC(=N)[C@H](N=CN(C)OC(=N)c1ccc(Oc2ccc(Cl)cn2)cc1)C(C)C. The number of aliphatic imine (C=N–C) groups is 1. The van der Waals surface area contributed by atoms with Crippen LogP contribution in [0.5, 0.6) is 11.6 Å². The molecule has 9 heteroatoms. The standard InChI is InChI=1S/C21H26ClN5O3/c1-5-28-21(24)19(14(2)3)26-13-27(4)30-20(23)15-6-9-17(10-7-15)29-18-11-8-16(22)12-25-18/h6-14,19,23-24H,5H2,1-4H3/t19-/m1/s1. The van der Waals surface area contributed by atoms with Crippen LogP contribution in [0.4, 0.5) is 0 Å². The van der Waals surface area contributed by atoms with E-state index in [-0.39, 0.29) is 17.7 Å². The van der Waals surface area contributed by atoms with Gasteiger partial charge >= 0.3 is 0 Å². The average Bonchev–Trinajstić information content (AvgIpc) is 2.70. The number of nitrogens with zero attached hydrogens (tertiary/aromatic N) is 3. The van der Waals surface area contributed by atoms with E-state index in [0.717, 1.165) is 0 Å². The molecule has 0 aliphatic heterocycles. The fourth-order valence-corrected chi connectivity index (χ4v) is 2.50. The molecule has 1 atom stereocenters. The van der Waals surface area contributed by atoms with Crippen LogP contribution in [0.1, 0.15) is 26.3 Å². The van der Waals surface area contributed by atoms with E-state index in [2.05, 4.69) is 9.98 Å². The molecule has 2 N–H and O–H groups in total. The summed E-state index contributed by atoms with van der Waals surface area (Å²) in [5.41, 5.74) is 0.564. The maximum Gasteiger partial charge on any atom is 0.246 e. The summed E-state index contributed by atoms with van der Waals surface area (Å²) < 4.78 is 10.9. The van der Waals surface area contributed by atoms with Crippen molar-refractivity contribution < 1.29 is 14.3 Å². The van der Waals surface area contributed by atoms with Crippen molar-refractivity contribution in [3.8, 4) is 11.6 Å². The molecule has 0 aliphatic rings. The van der Waals surface area contributed by atoms with Gasteiger partial charge in [0.2, 0.25) is 17.7 Å². The zero-order valence-corrected chi connectivity index (χ0v) is 18.2. The lowest BCUT2D eigenvalue weighted by atomic mass is 10.1. The molecular formula is C21H26ClN5O3. The van der Waals surface area contributed by atoms with Gasteiger partial charge in [-0.1, -0.05) is 25.4 Å². The van der Waals surface area contributed by atoms with Crippen LogP contribution in [0, 0.1) is 16.7 Å². The molecule has 1 aromatic heterocycles. The lowest BCUT2D eigenvalue weighted by Gasteiger charge is -2.19. The van der Waals surface area contributed by atoms with Crippen molar-refractivity contribution in [2.24, 2.45) is 10.9 Å². The number of ether oxygens (including phenoxy) is 2. The maximum absolute atomic E-state index is 8.14. The topological polar surface area (TPSA) is 104 Å². The second kappa shape index (κ2) is 11.2. The molecule has 30 heavy (non-hydrogen) atoms. The predicted molar refractivity (Wildman–Crippen MR) is 118 cm³/mol. The Morgan fingerprint density at radius 3 is 2.47 bits per heavy atom. The quantitative estimate of drug-likeness (QED) is 0.337. The van der Waals surface area contributed by atoms with E-state index in [1.165, 1.54) is 17.6 Å². The number of hydroxylamine groups is 2. The minimum atomic E-state index is -0.414. The minimum Gasteiger partial charge on any atom is -0.480 e. The van der Waals surface area contributed by atoms with E-state index in [9.17, 15) is 0 Å². The van der Waals surface area contributed by atoms with E-state index in [4.69, 9.17) is 36.7 Å². The maximum atomic E-state index is 8.14. The predicted octanol–water partition coefficient (Wildman–Crippen LogP) is 4.78. The molecule has 0 bridgehead atoms. The molecule has 1 heterocycles. The highest BCUT2D eigenvalue weighted by atomic mass is 35.5. The Kier molecular flexibility index (Phi) is 8.61. The van der Waals surface area contributed by atoms with Crippen molar-refractivity contribution in [3.63, 3.8) is 0 Å². The number of aromatic nitrogens is 1. The summed E-state index contributed by atoms with van der Waals surface area (Å²) in [7, 11) is 1.63. The van der Waals surface area contributed by atoms with Gasteiger partial charge < -0.3 is 14.3 Å². The molecule has 0 aliphatic carbocycles. The van der Waals surface area contributed by atoms with Gasteiger partial charge in [0.1, 0.15) is 18.1 Å². The van der Waals surface area contributed by atoms with E-state index >= 15 is 0 Å². The molecule has 1 aromatic carbocycles. The Balaban J connectivity index is 1.94. The van der Waals surface area contributed by atoms with Crippen LogP contribution in [0.15, 0.2) is 47.6 Å². The van der Waals surface area contributed by atoms with Gasteiger partial charge in [-0.2, -0.15) is 0 Å². The highest BCUT2D eigenvalue weighted by Gasteiger charge is 2.18. The number of hydrogen-bond donors (Lipinski definition) is 2. The Hall–Kier alpha value is -3.13. The van der Waals surface area contributed by atoms with Gasteiger partial charge in [0.25, 0.3) is 0 Å². The van der Waals surface area contributed by atoms with Crippen LogP contribution >= 0.6 is 11.6 Å². The third-order valence-electron chi connectivity index (χ3n) is 3.86. The fraction of sp³-hybridized carbons (Fsp3) is 0.333. The highest BCUT2D eigenvalue weighted by Crippen LogP contribution is 2.21. The normalized spacial score (nSPS) is 11.9.